The maximum atomic E-state index is 11.4. The Hall–Kier alpha value is -2.96. The number of thiophene rings is 2. The zero-order valence-electron chi connectivity index (χ0n) is 13.3. The third kappa shape index (κ3) is 2.79. The van der Waals surface area contributed by atoms with Gasteiger partial charge in [-0.05, 0) is 24.3 Å². The van der Waals surface area contributed by atoms with Crippen LogP contribution in [0, 0.1) is 0 Å². The second-order valence-electron chi connectivity index (χ2n) is 5.65. The van der Waals surface area contributed by atoms with Crippen LogP contribution in [0.15, 0.2) is 60.7 Å². The normalized spacial score (nSPS) is 10.9. The molecule has 0 unspecified atom stereocenters. The molecular weight excluding hydrogens is 368 g/mol. The minimum atomic E-state index is -0.951. The van der Waals surface area contributed by atoms with Gasteiger partial charge < -0.3 is 10.2 Å². The van der Waals surface area contributed by atoms with Gasteiger partial charge in [0.2, 0.25) is 0 Å². The van der Waals surface area contributed by atoms with Gasteiger partial charge in [0.25, 0.3) is 0 Å². The monoisotopic (exact) mass is 380 g/mol. The summed E-state index contributed by atoms with van der Waals surface area (Å²) in [5.74, 6) is -1.90. The quantitative estimate of drug-likeness (QED) is 0.477. The van der Waals surface area contributed by atoms with Gasteiger partial charge in [0.05, 0.1) is 11.1 Å². The Bertz CT molecular complexity index is 1040. The Morgan fingerprint density at radius 2 is 1.04 bits per heavy atom. The molecule has 0 saturated carbocycles. The van der Waals surface area contributed by atoms with Crippen LogP contribution in [0.2, 0.25) is 0 Å². The molecule has 0 amide bonds. The number of fused-ring (bicyclic) bond motifs is 1. The fourth-order valence-electron chi connectivity index (χ4n) is 2.87. The summed E-state index contributed by atoms with van der Waals surface area (Å²) in [4.78, 5) is 24.7. The highest BCUT2D eigenvalue weighted by Crippen LogP contribution is 2.43. The van der Waals surface area contributed by atoms with Crippen molar-refractivity contribution >= 4 is 44.0 Å². The third-order valence-corrected chi connectivity index (χ3v) is 6.41. The average molecular weight is 380 g/mol. The van der Waals surface area contributed by atoms with E-state index < -0.39 is 11.9 Å². The Morgan fingerprint density at radius 3 is 1.42 bits per heavy atom. The van der Waals surface area contributed by atoms with E-state index in [0.29, 0.717) is 11.1 Å². The molecule has 4 nitrogen and oxygen atoms in total. The number of hydrogen-bond acceptors (Lipinski definition) is 4. The van der Waals surface area contributed by atoms with Crippen LogP contribution in [0.4, 0.5) is 0 Å². The van der Waals surface area contributed by atoms with Crippen molar-refractivity contribution in [1.29, 1.82) is 0 Å². The molecule has 6 heteroatoms. The fraction of sp³-hybridized carbons (Fsp3) is 0. The Kier molecular flexibility index (Phi) is 4.06. The van der Waals surface area contributed by atoms with Crippen molar-refractivity contribution in [3.63, 3.8) is 0 Å². The van der Waals surface area contributed by atoms with E-state index in [9.17, 15) is 19.8 Å². The van der Waals surface area contributed by atoms with Crippen molar-refractivity contribution < 1.29 is 19.8 Å². The summed E-state index contributed by atoms with van der Waals surface area (Å²) in [6.45, 7) is 0. The topological polar surface area (TPSA) is 74.6 Å². The van der Waals surface area contributed by atoms with Crippen LogP contribution >= 0.6 is 22.7 Å². The summed E-state index contributed by atoms with van der Waals surface area (Å²) >= 11 is 3.02. The molecule has 2 aromatic carbocycles. The van der Waals surface area contributed by atoms with E-state index in [0.717, 1.165) is 19.2 Å². The number of carboxylic acids is 2. The molecule has 26 heavy (non-hydrogen) atoms. The maximum Gasteiger partial charge on any atom is 0.336 e. The van der Waals surface area contributed by atoms with Gasteiger partial charge in [0.15, 0.2) is 0 Å². The number of rotatable bonds is 4. The van der Waals surface area contributed by atoms with Crippen LogP contribution < -0.4 is 0 Å². The van der Waals surface area contributed by atoms with Crippen LogP contribution in [0.25, 0.3) is 30.3 Å². The van der Waals surface area contributed by atoms with Gasteiger partial charge in [-0.15, -0.1) is 22.7 Å². The van der Waals surface area contributed by atoms with Gasteiger partial charge >= 0.3 is 11.9 Å². The van der Waals surface area contributed by atoms with Gasteiger partial charge in [0, 0.05) is 30.3 Å². The first-order valence-corrected chi connectivity index (χ1v) is 9.36. The second-order valence-corrected chi connectivity index (χ2v) is 7.82. The van der Waals surface area contributed by atoms with Crippen molar-refractivity contribution in [2.45, 2.75) is 0 Å². The number of hydrogen-bond donors (Lipinski definition) is 2. The standard InChI is InChI=1S/C20H12O4S2/c21-19(22)13-7-3-1-5-11(13)15-9-17-18(25-15)10-16(26-17)12-6-2-4-8-14(12)20(23)24/h1-10H,(H,21,22)(H,23,24). The Morgan fingerprint density at radius 1 is 0.654 bits per heavy atom. The lowest BCUT2D eigenvalue weighted by Crippen LogP contribution is -1.98. The zero-order valence-corrected chi connectivity index (χ0v) is 14.9. The van der Waals surface area contributed by atoms with Gasteiger partial charge in [0.1, 0.15) is 0 Å². The maximum absolute atomic E-state index is 11.4. The van der Waals surface area contributed by atoms with E-state index in [-0.39, 0.29) is 11.1 Å². The summed E-state index contributed by atoms with van der Waals surface area (Å²) in [5, 5.41) is 18.8. The number of aromatic carboxylic acids is 2. The van der Waals surface area contributed by atoms with Crippen molar-refractivity contribution in [1.82, 2.24) is 0 Å². The minimum Gasteiger partial charge on any atom is -0.478 e. The average Bonchev–Trinajstić information content (AvgIpc) is 3.20. The first kappa shape index (κ1) is 16.5. The summed E-state index contributed by atoms with van der Waals surface area (Å²) in [6.07, 6.45) is 0. The molecule has 0 radical (unpaired) electrons. The second kappa shape index (κ2) is 6.40. The molecule has 2 N–H and O–H groups in total. The zero-order chi connectivity index (χ0) is 18.3. The van der Waals surface area contributed by atoms with Crippen molar-refractivity contribution in [3.8, 4) is 20.9 Å². The lowest BCUT2D eigenvalue weighted by molar-refractivity contribution is 0.0687. The van der Waals surface area contributed by atoms with E-state index in [2.05, 4.69) is 0 Å². The predicted octanol–water partition coefficient (Wildman–Crippen LogP) is 5.69. The molecule has 0 atom stereocenters. The molecule has 4 rings (SSSR count). The molecule has 0 aliphatic rings. The molecule has 2 heterocycles. The fourth-order valence-corrected chi connectivity index (χ4v) is 5.35. The van der Waals surface area contributed by atoms with Crippen LogP contribution in [0.1, 0.15) is 20.7 Å². The molecule has 0 spiro atoms. The van der Waals surface area contributed by atoms with E-state index in [1.54, 1.807) is 36.4 Å². The minimum absolute atomic E-state index is 0.276. The number of benzene rings is 2. The largest absolute Gasteiger partial charge is 0.478 e. The van der Waals surface area contributed by atoms with E-state index in [1.807, 2.05) is 24.3 Å². The molecule has 2 aromatic heterocycles. The first-order valence-electron chi connectivity index (χ1n) is 7.73. The molecular formula is C20H12O4S2. The van der Waals surface area contributed by atoms with E-state index in [1.165, 1.54) is 22.7 Å². The highest BCUT2D eigenvalue weighted by atomic mass is 32.1. The smallest absolute Gasteiger partial charge is 0.336 e. The molecule has 4 aromatic rings. The van der Waals surface area contributed by atoms with Gasteiger partial charge in [-0.25, -0.2) is 9.59 Å². The van der Waals surface area contributed by atoms with Crippen LogP contribution in [-0.4, -0.2) is 22.2 Å². The van der Waals surface area contributed by atoms with Gasteiger partial charge in [-0.1, -0.05) is 36.4 Å². The van der Waals surface area contributed by atoms with E-state index >= 15 is 0 Å². The molecule has 0 saturated heterocycles. The Balaban J connectivity index is 1.81. The van der Waals surface area contributed by atoms with Crippen LogP contribution in [-0.2, 0) is 0 Å². The molecule has 0 bridgehead atoms. The highest BCUT2D eigenvalue weighted by Gasteiger charge is 2.17. The third-order valence-electron chi connectivity index (χ3n) is 4.05. The summed E-state index contributed by atoms with van der Waals surface area (Å²) in [5.41, 5.74) is 1.94. The lowest BCUT2D eigenvalue weighted by Gasteiger charge is -2.03. The molecule has 0 aliphatic heterocycles. The van der Waals surface area contributed by atoms with Crippen molar-refractivity contribution in [2.75, 3.05) is 0 Å². The highest BCUT2D eigenvalue weighted by molar-refractivity contribution is 7.31. The summed E-state index contributed by atoms with van der Waals surface area (Å²) in [7, 11) is 0. The van der Waals surface area contributed by atoms with E-state index in [4.69, 9.17) is 0 Å². The first-order chi connectivity index (χ1) is 12.5. The number of carboxylic acid groups (broad SMARTS) is 2. The van der Waals surface area contributed by atoms with Crippen molar-refractivity contribution in [2.24, 2.45) is 0 Å². The summed E-state index contributed by atoms with van der Waals surface area (Å²) in [6, 6.07) is 17.8. The van der Waals surface area contributed by atoms with Gasteiger partial charge in [-0.2, -0.15) is 0 Å². The van der Waals surface area contributed by atoms with Crippen LogP contribution in [0.3, 0.4) is 0 Å². The summed E-state index contributed by atoms with van der Waals surface area (Å²) < 4.78 is 2.03. The number of carbonyl (C=O) groups is 2. The SMILES string of the molecule is O=C(O)c1ccccc1-c1cc2sc(-c3ccccc3C(=O)O)cc2s1. The molecule has 0 aliphatic carbocycles. The molecule has 0 fully saturated rings. The Labute approximate surface area is 156 Å². The molecule has 128 valence electrons. The van der Waals surface area contributed by atoms with Gasteiger partial charge in [-0.3, -0.25) is 0 Å². The predicted molar refractivity (Wildman–Crippen MR) is 104 cm³/mol. The van der Waals surface area contributed by atoms with Crippen LogP contribution in [0.5, 0.6) is 0 Å². The van der Waals surface area contributed by atoms with Crippen molar-refractivity contribution in [3.05, 3.63) is 71.8 Å². The lowest BCUT2D eigenvalue weighted by atomic mass is 10.1.